The molecule has 1 amide bonds. The number of amides is 1. The molecule has 1 saturated heterocycles. The molecule has 144 valence electrons. The number of thiophene rings is 1. The Bertz CT molecular complexity index is 1020. The number of likely N-dealkylation sites (N-methyl/N-ethyl adjacent to an activating group) is 1. The summed E-state index contributed by atoms with van der Waals surface area (Å²) >= 11 is 1.57. The number of aromatic carboxylic acids is 1. The number of anilines is 1. The predicted molar refractivity (Wildman–Crippen MR) is 108 cm³/mol. The van der Waals surface area contributed by atoms with Crippen LogP contribution >= 0.6 is 11.3 Å². The molecule has 1 aliphatic rings. The van der Waals surface area contributed by atoms with Gasteiger partial charge in [-0.25, -0.2) is 14.8 Å². The van der Waals surface area contributed by atoms with Gasteiger partial charge in [-0.3, -0.25) is 4.79 Å². The van der Waals surface area contributed by atoms with Crippen LogP contribution in [0.3, 0.4) is 0 Å². The summed E-state index contributed by atoms with van der Waals surface area (Å²) in [4.78, 5) is 37.6. The van der Waals surface area contributed by atoms with E-state index in [2.05, 4.69) is 14.9 Å². The van der Waals surface area contributed by atoms with Gasteiger partial charge in [0, 0.05) is 20.1 Å². The minimum atomic E-state index is -0.956. The molecule has 0 saturated carbocycles. The third kappa shape index (κ3) is 3.43. The maximum atomic E-state index is 13.1. The molecule has 1 atom stereocenters. The van der Waals surface area contributed by atoms with Crippen LogP contribution in [0.1, 0.15) is 28.8 Å². The average molecular weight is 396 g/mol. The standard InChI is InChI=1S/C20H20N4O3S/c1-23(11-13-4-6-14(7-5-13)20(26)27)19(25)16-3-2-9-24(16)17-15-8-10-28-18(15)22-12-21-17/h4-8,10,12,16H,2-3,9,11H2,1H3,(H,26,27). The quantitative estimate of drug-likeness (QED) is 0.713. The van der Waals surface area contributed by atoms with Gasteiger partial charge in [0.1, 0.15) is 23.0 Å². The second-order valence-electron chi connectivity index (χ2n) is 6.88. The predicted octanol–water partition coefficient (Wildman–Crippen LogP) is 3.02. The Morgan fingerprint density at radius 2 is 2.04 bits per heavy atom. The van der Waals surface area contributed by atoms with Crippen LogP contribution in [0.25, 0.3) is 10.2 Å². The lowest BCUT2D eigenvalue weighted by Gasteiger charge is -2.29. The molecule has 4 rings (SSSR count). The summed E-state index contributed by atoms with van der Waals surface area (Å²) < 4.78 is 0. The first kappa shape index (κ1) is 18.4. The number of rotatable bonds is 5. The van der Waals surface area contributed by atoms with Gasteiger partial charge in [-0.2, -0.15) is 0 Å². The normalized spacial score (nSPS) is 16.5. The lowest BCUT2D eigenvalue weighted by atomic mass is 10.1. The molecule has 1 fully saturated rings. The molecule has 0 radical (unpaired) electrons. The molecule has 0 aliphatic carbocycles. The molecule has 1 unspecified atom stereocenters. The van der Waals surface area contributed by atoms with Gasteiger partial charge in [-0.15, -0.1) is 11.3 Å². The van der Waals surface area contributed by atoms with E-state index >= 15 is 0 Å². The minimum absolute atomic E-state index is 0.0433. The molecule has 0 spiro atoms. The van der Waals surface area contributed by atoms with E-state index < -0.39 is 5.97 Å². The fourth-order valence-electron chi connectivity index (χ4n) is 3.64. The van der Waals surface area contributed by atoms with Crippen molar-refractivity contribution in [1.82, 2.24) is 14.9 Å². The molecule has 3 heterocycles. The van der Waals surface area contributed by atoms with Gasteiger partial charge in [-0.05, 0) is 42.0 Å². The molecule has 3 aromatic rings. The Balaban J connectivity index is 1.51. The molecular formula is C20H20N4O3S. The van der Waals surface area contributed by atoms with Crippen LogP contribution in [-0.2, 0) is 11.3 Å². The lowest BCUT2D eigenvalue weighted by molar-refractivity contribution is -0.131. The number of carbonyl (C=O) groups is 2. The van der Waals surface area contributed by atoms with Crippen LogP contribution in [0.2, 0.25) is 0 Å². The van der Waals surface area contributed by atoms with Gasteiger partial charge in [0.05, 0.1) is 10.9 Å². The van der Waals surface area contributed by atoms with E-state index in [4.69, 9.17) is 5.11 Å². The van der Waals surface area contributed by atoms with Gasteiger partial charge in [0.25, 0.3) is 0 Å². The molecule has 8 heteroatoms. The van der Waals surface area contributed by atoms with Crippen LogP contribution in [0, 0.1) is 0 Å². The Morgan fingerprint density at radius 3 is 2.79 bits per heavy atom. The summed E-state index contributed by atoms with van der Waals surface area (Å²) in [5.41, 5.74) is 1.14. The van der Waals surface area contributed by atoms with Crippen molar-refractivity contribution in [3.8, 4) is 0 Å². The fraction of sp³-hybridized carbons (Fsp3) is 0.300. The summed E-state index contributed by atoms with van der Waals surface area (Å²) in [6.07, 6.45) is 3.28. The third-order valence-corrected chi connectivity index (χ3v) is 5.87. The first-order valence-electron chi connectivity index (χ1n) is 9.06. The maximum Gasteiger partial charge on any atom is 0.335 e. The highest BCUT2D eigenvalue weighted by Crippen LogP contribution is 2.32. The largest absolute Gasteiger partial charge is 0.478 e. The number of carboxylic acids is 1. The molecule has 0 bridgehead atoms. The van der Waals surface area contributed by atoms with E-state index in [1.54, 1.807) is 53.9 Å². The highest BCUT2D eigenvalue weighted by Gasteiger charge is 2.34. The van der Waals surface area contributed by atoms with Crippen molar-refractivity contribution in [3.63, 3.8) is 0 Å². The van der Waals surface area contributed by atoms with Crippen LogP contribution in [0.15, 0.2) is 42.0 Å². The Morgan fingerprint density at radius 1 is 1.25 bits per heavy atom. The van der Waals surface area contributed by atoms with Crippen molar-refractivity contribution in [2.45, 2.75) is 25.4 Å². The smallest absolute Gasteiger partial charge is 0.335 e. The van der Waals surface area contributed by atoms with E-state index in [1.165, 1.54) is 0 Å². The SMILES string of the molecule is CN(Cc1ccc(C(=O)O)cc1)C(=O)C1CCCN1c1ncnc2sccc12. The highest BCUT2D eigenvalue weighted by atomic mass is 32.1. The summed E-state index contributed by atoms with van der Waals surface area (Å²) in [5.74, 6) is -0.0923. The molecule has 7 nitrogen and oxygen atoms in total. The van der Waals surface area contributed by atoms with Crippen LogP contribution in [0.5, 0.6) is 0 Å². The molecule has 1 aliphatic heterocycles. The van der Waals surface area contributed by atoms with Gasteiger partial charge in [0.15, 0.2) is 0 Å². The maximum absolute atomic E-state index is 13.1. The topological polar surface area (TPSA) is 86.6 Å². The van der Waals surface area contributed by atoms with Crippen molar-refractivity contribution >= 4 is 39.2 Å². The number of fused-ring (bicyclic) bond motifs is 1. The van der Waals surface area contributed by atoms with E-state index in [0.717, 1.165) is 41.0 Å². The zero-order valence-corrected chi connectivity index (χ0v) is 16.2. The van der Waals surface area contributed by atoms with Crippen LogP contribution < -0.4 is 4.90 Å². The molecular weight excluding hydrogens is 376 g/mol. The van der Waals surface area contributed by atoms with Gasteiger partial charge in [0.2, 0.25) is 5.91 Å². The second-order valence-corrected chi connectivity index (χ2v) is 7.78. The number of benzene rings is 1. The highest BCUT2D eigenvalue weighted by molar-refractivity contribution is 7.16. The number of aromatic nitrogens is 2. The number of hydrogen-bond acceptors (Lipinski definition) is 6. The summed E-state index contributed by atoms with van der Waals surface area (Å²) in [7, 11) is 1.78. The zero-order valence-electron chi connectivity index (χ0n) is 15.4. The Kier molecular flexibility index (Phi) is 4.95. The monoisotopic (exact) mass is 396 g/mol. The summed E-state index contributed by atoms with van der Waals surface area (Å²) in [5, 5.41) is 12.0. The van der Waals surface area contributed by atoms with Crippen molar-refractivity contribution in [3.05, 3.63) is 53.2 Å². The molecule has 2 aromatic heterocycles. The van der Waals surface area contributed by atoms with Gasteiger partial charge < -0.3 is 14.9 Å². The van der Waals surface area contributed by atoms with E-state index in [1.807, 2.05) is 11.4 Å². The van der Waals surface area contributed by atoms with Gasteiger partial charge >= 0.3 is 5.97 Å². The first-order chi connectivity index (χ1) is 13.5. The van der Waals surface area contributed by atoms with Crippen LogP contribution in [-0.4, -0.2) is 51.5 Å². The van der Waals surface area contributed by atoms with Crippen molar-refractivity contribution < 1.29 is 14.7 Å². The number of carbonyl (C=O) groups excluding carboxylic acids is 1. The lowest BCUT2D eigenvalue weighted by Crippen LogP contribution is -2.44. The number of nitrogens with zero attached hydrogens (tertiary/aromatic N) is 4. The summed E-state index contributed by atoms with van der Waals surface area (Å²) in [6.45, 7) is 1.22. The first-order valence-corrected chi connectivity index (χ1v) is 9.94. The second kappa shape index (κ2) is 7.55. The van der Waals surface area contributed by atoms with E-state index in [-0.39, 0.29) is 17.5 Å². The van der Waals surface area contributed by atoms with Gasteiger partial charge in [-0.1, -0.05) is 12.1 Å². The molecule has 28 heavy (non-hydrogen) atoms. The third-order valence-electron chi connectivity index (χ3n) is 5.05. The van der Waals surface area contributed by atoms with E-state index in [9.17, 15) is 9.59 Å². The van der Waals surface area contributed by atoms with Crippen molar-refractivity contribution in [2.24, 2.45) is 0 Å². The van der Waals surface area contributed by atoms with Crippen molar-refractivity contribution in [2.75, 3.05) is 18.5 Å². The Hall–Kier alpha value is -3.00. The average Bonchev–Trinajstić information content (AvgIpc) is 3.36. The van der Waals surface area contributed by atoms with Crippen molar-refractivity contribution in [1.29, 1.82) is 0 Å². The van der Waals surface area contributed by atoms with E-state index in [0.29, 0.717) is 6.54 Å². The minimum Gasteiger partial charge on any atom is -0.478 e. The molecule has 1 aromatic carbocycles. The van der Waals surface area contributed by atoms with Crippen LogP contribution in [0.4, 0.5) is 5.82 Å². The zero-order chi connectivity index (χ0) is 19.7. The Labute approximate surface area is 166 Å². The number of carboxylic acid groups (broad SMARTS) is 1. The summed E-state index contributed by atoms with van der Waals surface area (Å²) in [6, 6.07) is 8.38. The molecule has 1 N–H and O–H groups in total. The number of hydrogen-bond donors (Lipinski definition) is 1. The fourth-order valence-corrected chi connectivity index (χ4v) is 4.37.